The molecular formula is C14H16O5. The number of Topliss-reactive ketones (excluding diaryl/α,β-unsaturated/α-hetero) is 1. The maximum absolute atomic E-state index is 11.7. The average Bonchev–Trinajstić information content (AvgIpc) is 2.42. The highest BCUT2D eigenvalue weighted by Gasteiger charge is 2.28. The second kappa shape index (κ2) is 7.31. The van der Waals surface area contributed by atoms with E-state index in [0.717, 1.165) is 12.7 Å². The van der Waals surface area contributed by atoms with Gasteiger partial charge in [0.15, 0.2) is 6.10 Å². The first-order valence-corrected chi connectivity index (χ1v) is 5.88. The highest BCUT2D eigenvalue weighted by molar-refractivity contribution is 6.35. The van der Waals surface area contributed by atoms with Crippen molar-refractivity contribution in [3.63, 3.8) is 0 Å². The molecule has 0 bridgehead atoms. The molecule has 1 aromatic carbocycles. The van der Waals surface area contributed by atoms with Gasteiger partial charge in [0.1, 0.15) is 0 Å². The van der Waals surface area contributed by atoms with Gasteiger partial charge in [-0.25, -0.2) is 4.79 Å². The number of benzene rings is 1. The van der Waals surface area contributed by atoms with E-state index in [1.165, 1.54) is 6.92 Å². The van der Waals surface area contributed by atoms with E-state index in [0.29, 0.717) is 6.42 Å². The Labute approximate surface area is 111 Å². The maximum atomic E-state index is 11.7. The third kappa shape index (κ3) is 4.91. The molecule has 0 spiro atoms. The topological polar surface area (TPSA) is 69.7 Å². The first-order chi connectivity index (χ1) is 9.04. The Morgan fingerprint density at radius 3 is 2.32 bits per heavy atom. The van der Waals surface area contributed by atoms with Gasteiger partial charge in [0, 0.05) is 6.92 Å². The van der Waals surface area contributed by atoms with E-state index in [2.05, 4.69) is 4.74 Å². The van der Waals surface area contributed by atoms with Gasteiger partial charge in [-0.3, -0.25) is 9.59 Å². The Kier molecular flexibility index (Phi) is 5.73. The molecule has 0 saturated carbocycles. The van der Waals surface area contributed by atoms with Gasteiger partial charge >= 0.3 is 11.9 Å². The van der Waals surface area contributed by atoms with Crippen LogP contribution in [0.15, 0.2) is 30.3 Å². The van der Waals surface area contributed by atoms with Crippen LogP contribution in [0.5, 0.6) is 0 Å². The van der Waals surface area contributed by atoms with Crippen molar-refractivity contribution in [3.8, 4) is 0 Å². The summed E-state index contributed by atoms with van der Waals surface area (Å²) in [4.78, 5) is 33.8. The second-order valence-electron chi connectivity index (χ2n) is 3.98. The van der Waals surface area contributed by atoms with Crippen LogP contribution in [0.3, 0.4) is 0 Å². The van der Waals surface area contributed by atoms with Crippen molar-refractivity contribution in [3.05, 3.63) is 35.9 Å². The number of carbonyl (C=O) groups excluding carboxylic acids is 3. The van der Waals surface area contributed by atoms with E-state index in [-0.39, 0.29) is 6.42 Å². The molecule has 0 heterocycles. The first kappa shape index (κ1) is 14.9. The van der Waals surface area contributed by atoms with Crippen LogP contribution in [-0.2, 0) is 30.3 Å². The Balaban J connectivity index is 2.67. The van der Waals surface area contributed by atoms with Crippen molar-refractivity contribution in [1.82, 2.24) is 0 Å². The van der Waals surface area contributed by atoms with Gasteiger partial charge < -0.3 is 9.47 Å². The number of carbonyl (C=O) groups is 3. The Morgan fingerprint density at radius 1 is 1.16 bits per heavy atom. The van der Waals surface area contributed by atoms with Crippen LogP contribution in [0.2, 0.25) is 0 Å². The minimum absolute atomic E-state index is 0.248. The van der Waals surface area contributed by atoms with Gasteiger partial charge in [0.25, 0.3) is 5.78 Å². The fraction of sp³-hybridized carbons (Fsp3) is 0.357. The molecule has 0 aliphatic carbocycles. The van der Waals surface area contributed by atoms with Crippen LogP contribution in [-0.4, -0.2) is 30.9 Å². The lowest BCUT2D eigenvalue weighted by Crippen LogP contribution is -2.33. The van der Waals surface area contributed by atoms with Crippen LogP contribution in [0.1, 0.15) is 18.9 Å². The van der Waals surface area contributed by atoms with Crippen LogP contribution in [0, 0.1) is 0 Å². The summed E-state index contributed by atoms with van der Waals surface area (Å²) in [7, 11) is 1.11. The van der Waals surface area contributed by atoms with Crippen LogP contribution in [0.4, 0.5) is 0 Å². The molecule has 102 valence electrons. The smallest absolute Gasteiger partial charge is 0.378 e. The number of methoxy groups -OCH3 is 1. The lowest BCUT2D eigenvalue weighted by Gasteiger charge is -2.14. The summed E-state index contributed by atoms with van der Waals surface area (Å²) < 4.78 is 9.21. The average molecular weight is 264 g/mol. The molecular weight excluding hydrogens is 248 g/mol. The molecule has 5 nitrogen and oxygen atoms in total. The number of ether oxygens (including phenoxy) is 2. The number of aryl methyl sites for hydroxylation is 1. The molecule has 5 heteroatoms. The molecule has 1 rings (SSSR count). The molecule has 0 N–H and O–H groups in total. The summed E-state index contributed by atoms with van der Waals surface area (Å²) in [5.41, 5.74) is 0.998. The zero-order valence-electron chi connectivity index (χ0n) is 10.9. The molecule has 0 radical (unpaired) electrons. The molecule has 0 fully saturated rings. The van der Waals surface area contributed by atoms with Crippen molar-refractivity contribution < 1.29 is 23.9 Å². The van der Waals surface area contributed by atoms with Crippen molar-refractivity contribution >= 4 is 17.7 Å². The van der Waals surface area contributed by atoms with Gasteiger partial charge in [-0.2, -0.15) is 0 Å². The monoisotopic (exact) mass is 264 g/mol. The number of ketones is 1. The third-order valence-electron chi connectivity index (χ3n) is 2.53. The number of rotatable bonds is 6. The summed E-state index contributed by atoms with van der Waals surface area (Å²) in [6.45, 7) is 1.19. The lowest BCUT2D eigenvalue weighted by molar-refractivity contribution is -0.162. The van der Waals surface area contributed by atoms with E-state index in [9.17, 15) is 14.4 Å². The molecule has 19 heavy (non-hydrogen) atoms. The number of esters is 2. The van der Waals surface area contributed by atoms with Gasteiger partial charge in [-0.1, -0.05) is 30.3 Å². The summed E-state index contributed by atoms with van der Waals surface area (Å²) in [5, 5.41) is 0. The minimum Gasteiger partial charge on any atom is -0.463 e. The SMILES string of the molecule is COC(=O)C(=O)C(CCc1ccccc1)OC(C)=O. The van der Waals surface area contributed by atoms with Crippen LogP contribution >= 0.6 is 0 Å². The van der Waals surface area contributed by atoms with E-state index in [1.54, 1.807) is 0 Å². The zero-order chi connectivity index (χ0) is 14.3. The molecule has 0 amide bonds. The van der Waals surface area contributed by atoms with E-state index < -0.39 is 23.8 Å². The van der Waals surface area contributed by atoms with E-state index in [1.807, 2.05) is 30.3 Å². The molecule has 1 unspecified atom stereocenters. The number of hydrogen-bond donors (Lipinski definition) is 0. The zero-order valence-corrected chi connectivity index (χ0v) is 10.9. The molecule has 1 atom stereocenters. The normalized spacial score (nSPS) is 11.5. The Morgan fingerprint density at radius 2 is 1.79 bits per heavy atom. The van der Waals surface area contributed by atoms with Gasteiger partial charge in [-0.15, -0.1) is 0 Å². The molecule has 1 aromatic rings. The predicted octanol–water partition coefficient (Wildman–Crippen LogP) is 1.29. The van der Waals surface area contributed by atoms with Gasteiger partial charge in [0.05, 0.1) is 7.11 Å². The van der Waals surface area contributed by atoms with Crippen LogP contribution < -0.4 is 0 Å². The standard InChI is InChI=1S/C14H16O5/c1-10(15)19-12(13(16)14(17)18-2)9-8-11-6-4-3-5-7-11/h3-7,12H,8-9H2,1-2H3. The summed E-state index contributed by atoms with van der Waals surface area (Å²) in [5.74, 6) is -2.44. The minimum atomic E-state index is -1.09. The van der Waals surface area contributed by atoms with Crippen molar-refractivity contribution in [2.24, 2.45) is 0 Å². The summed E-state index contributed by atoms with van der Waals surface area (Å²) >= 11 is 0. The highest BCUT2D eigenvalue weighted by atomic mass is 16.6. The highest BCUT2D eigenvalue weighted by Crippen LogP contribution is 2.09. The predicted molar refractivity (Wildman–Crippen MR) is 67.3 cm³/mol. The fourth-order valence-corrected chi connectivity index (χ4v) is 1.62. The summed E-state index contributed by atoms with van der Waals surface area (Å²) in [6.07, 6.45) is -0.316. The van der Waals surface area contributed by atoms with Crippen molar-refractivity contribution in [2.75, 3.05) is 7.11 Å². The maximum Gasteiger partial charge on any atom is 0.378 e. The first-order valence-electron chi connectivity index (χ1n) is 5.88. The Hall–Kier alpha value is -2.17. The third-order valence-corrected chi connectivity index (χ3v) is 2.53. The van der Waals surface area contributed by atoms with E-state index >= 15 is 0 Å². The quantitative estimate of drug-likeness (QED) is 0.572. The number of hydrogen-bond acceptors (Lipinski definition) is 5. The van der Waals surface area contributed by atoms with Crippen LogP contribution in [0.25, 0.3) is 0 Å². The van der Waals surface area contributed by atoms with Gasteiger partial charge in [-0.05, 0) is 18.4 Å². The fourth-order valence-electron chi connectivity index (χ4n) is 1.62. The van der Waals surface area contributed by atoms with E-state index in [4.69, 9.17) is 4.74 Å². The molecule has 0 aliphatic heterocycles. The largest absolute Gasteiger partial charge is 0.463 e. The molecule has 0 saturated heterocycles. The summed E-state index contributed by atoms with van der Waals surface area (Å²) in [6, 6.07) is 9.42. The van der Waals surface area contributed by atoms with Gasteiger partial charge in [0.2, 0.25) is 0 Å². The van der Waals surface area contributed by atoms with Crippen molar-refractivity contribution in [2.45, 2.75) is 25.9 Å². The molecule has 0 aromatic heterocycles. The molecule has 0 aliphatic rings. The Bertz CT molecular complexity index is 452. The lowest BCUT2D eigenvalue weighted by atomic mass is 10.0. The van der Waals surface area contributed by atoms with Crippen molar-refractivity contribution in [1.29, 1.82) is 0 Å². The second-order valence-corrected chi connectivity index (χ2v) is 3.98.